The van der Waals surface area contributed by atoms with Crippen molar-refractivity contribution in [3.8, 4) is 0 Å². The van der Waals surface area contributed by atoms with E-state index in [1.807, 2.05) is 0 Å². The molecule has 1 saturated heterocycles. The molecule has 1 aliphatic rings. The topological polar surface area (TPSA) is 60.2 Å². The van der Waals surface area contributed by atoms with Crippen LogP contribution in [-0.2, 0) is 16.9 Å². The summed E-state index contributed by atoms with van der Waals surface area (Å²) >= 11 is 0. The maximum Gasteiger partial charge on any atom is 0.114 e. The van der Waals surface area contributed by atoms with Crippen molar-refractivity contribution >= 4 is 0 Å². The minimum Gasteiger partial charge on any atom is -0.384 e. The van der Waals surface area contributed by atoms with Crippen LogP contribution >= 0.6 is 0 Å². The van der Waals surface area contributed by atoms with Gasteiger partial charge in [0, 0.05) is 6.61 Å². The van der Waals surface area contributed by atoms with Gasteiger partial charge in [-0.15, -0.1) is 5.10 Å². The second-order valence-electron chi connectivity index (χ2n) is 4.52. The van der Waals surface area contributed by atoms with Gasteiger partial charge in [0.15, 0.2) is 0 Å². The van der Waals surface area contributed by atoms with Gasteiger partial charge in [0.1, 0.15) is 11.3 Å². The molecule has 2 heterocycles. The molecular formula is C10H17N3O2. The van der Waals surface area contributed by atoms with Gasteiger partial charge in [-0.05, 0) is 26.7 Å². The second-order valence-corrected chi connectivity index (χ2v) is 4.52. The lowest BCUT2D eigenvalue weighted by molar-refractivity contribution is 0.0735. The van der Waals surface area contributed by atoms with Crippen LogP contribution in [0.15, 0.2) is 6.20 Å². The van der Waals surface area contributed by atoms with E-state index < -0.39 is 5.60 Å². The van der Waals surface area contributed by atoms with Gasteiger partial charge in [-0.3, -0.25) is 0 Å². The minimum atomic E-state index is -0.922. The maximum absolute atomic E-state index is 9.72. The van der Waals surface area contributed by atoms with E-state index in [1.54, 1.807) is 24.7 Å². The molecule has 0 aromatic carbocycles. The van der Waals surface area contributed by atoms with Crippen LogP contribution in [0.5, 0.6) is 0 Å². The summed E-state index contributed by atoms with van der Waals surface area (Å²) in [7, 11) is 0. The average Bonchev–Trinajstić information content (AvgIpc) is 2.73. The number of hydrogen-bond acceptors (Lipinski definition) is 4. The Morgan fingerprint density at radius 1 is 1.67 bits per heavy atom. The first-order valence-electron chi connectivity index (χ1n) is 5.30. The maximum atomic E-state index is 9.72. The second kappa shape index (κ2) is 3.90. The summed E-state index contributed by atoms with van der Waals surface area (Å²) in [4.78, 5) is 0. The first kappa shape index (κ1) is 10.6. The summed E-state index contributed by atoms with van der Waals surface area (Å²) in [5.41, 5.74) is -0.324. The van der Waals surface area contributed by atoms with Crippen molar-refractivity contribution in [1.29, 1.82) is 0 Å². The number of nitrogens with zero attached hydrogens (tertiary/aromatic N) is 3. The molecular weight excluding hydrogens is 194 g/mol. The molecule has 5 heteroatoms. The summed E-state index contributed by atoms with van der Waals surface area (Å²) < 4.78 is 7.24. The molecule has 1 aliphatic heterocycles. The number of aliphatic hydroxyl groups is 1. The lowest BCUT2D eigenvalue weighted by Gasteiger charge is -2.12. The lowest BCUT2D eigenvalue weighted by atomic mass is 10.1. The third kappa shape index (κ3) is 2.54. The molecule has 1 unspecified atom stereocenters. The van der Waals surface area contributed by atoms with Gasteiger partial charge in [0.2, 0.25) is 0 Å². The van der Waals surface area contributed by atoms with Crippen molar-refractivity contribution in [1.82, 2.24) is 15.0 Å². The van der Waals surface area contributed by atoms with Crippen LogP contribution in [0.3, 0.4) is 0 Å². The molecule has 5 nitrogen and oxygen atoms in total. The van der Waals surface area contributed by atoms with E-state index in [-0.39, 0.29) is 6.10 Å². The zero-order valence-electron chi connectivity index (χ0n) is 9.18. The van der Waals surface area contributed by atoms with Gasteiger partial charge >= 0.3 is 0 Å². The highest BCUT2D eigenvalue weighted by atomic mass is 16.5. The molecule has 0 saturated carbocycles. The summed E-state index contributed by atoms with van der Waals surface area (Å²) in [6, 6.07) is 0. The van der Waals surface area contributed by atoms with Gasteiger partial charge in [-0.1, -0.05) is 5.21 Å². The van der Waals surface area contributed by atoms with Gasteiger partial charge in [-0.25, -0.2) is 4.68 Å². The van der Waals surface area contributed by atoms with E-state index in [1.165, 1.54) is 0 Å². The Bertz CT molecular complexity index is 324. The standard InChI is InChI=1S/C10H17N3O2/c1-10(2,14)9-7-13(12-11-9)6-8-4-3-5-15-8/h7-8,14H,3-6H2,1-2H3. The molecule has 0 aliphatic carbocycles. The van der Waals surface area contributed by atoms with Crippen LogP contribution in [0.2, 0.25) is 0 Å². The first-order chi connectivity index (χ1) is 7.05. The van der Waals surface area contributed by atoms with Crippen molar-refractivity contribution < 1.29 is 9.84 Å². The summed E-state index contributed by atoms with van der Waals surface area (Å²) in [6.07, 6.45) is 4.23. The minimum absolute atomic E-state index is 0.251. The Hall–Kier alpha value is -0.940. The zero-order valence-corrected chi connectivity index (χ0v) is 9.18. The number of aromatic nitrogens is 3. The van der Waals surface area contributed by atoms with E-state index in [2.05, 4.69) is 10.3 Å². The number of hydrogen-bond donors (Lipinski definition) is 1. The SMILES string of the molecule is CC(C)(O)c1cn(CC2CCCO2)nn1. The van der Waals surface area contributed by atoms with Gasteiger partial charge in [0.25, 0.3) is 0 Å². The van der Waals surface area contributed by atoms with Crippen molar-refractivity contribution in [3.05, 3.63) is 11.9 Å². The quantitative estimate of drug-likeness (QED) is 0.799. The highest BCUT2D eigenvalue weighted by Gasteiger charge is 2.22. The molecule has 15 heavy (non-hydrogen) atoms. The fraction of sp³-hybridized carbons (Fsp3) is 0.800. The van der Waals surface area contributed by atoms with Crippen LogP contribution in [0.25, 0.3) is 0 Å². The highest BCUT2D eigenvalue weighted by Crippen LogP contribution is 2.17. The third-order valence-corrected chi connectivity index (χ3v) is 2.58. The summed E-state index contributed by atoms with van der Waals surface area (Å²) in [5.74, 6) is 0. The number of ether oxygens (including phenoxy) is 1. The Morgan fingerprint density at radius 2 is 2.47 bits per heavy atom. The van der Waals surface area contributed by atoms with Gasteiger partial charge < -0.3 is 9.84 Å². The van der Waals surface area contributed by atoms with Gasteiger partial charge in [-0.2, -0.15) is 0 Å². The molecule has 1 fully saturated rings. The van der Waals surface area contributed by atoms with Crippen LogP contribution < -0.4 is 0 Å². The molecule has 1 aromatic rings. The van der Waals surface area contributed by atoms with E-state index in [0.717, 1.165) is 26.0 Å². The summed E-state index contributed by atoms with van der Waals surface area (Å²) in [6.45, 7) is 4.97. The molecule has 2 rings (SSSR count). The van der Waals surface area contributed by atoms with E-state index in [9.17, 15) is 5.11 Å². The van der Waals surface area contributed by atoms with Gasteiger partial charge in [0.05, 0.1) is 18.8 Å². The Kier molecular flexibility index (Phi) is 2.75. The normalized spacial score (nSPS) is 22.2. The Morgan fingerprint density at radius 3 is 3.00 bits per heavy atom. The lowest BCUT2D eigenvalue weighted by Crippen LogP contribution is -2.17. The predicted molar refractivity (Wildman–Crippen MR) is 54.2 cm³/mol. The zero-order chi connectivity index (χ0) is 10.9. The number of rotatable bonds is 3. The Balaban J connectivity index is 2.00. The van der Waals surface area contributed by atoms with Crippen LogP contribution in [0.4, 0.5) is 0 Å². The fourth-order valence-corrected chi connectivity index (χ4v) is 1.66. The van der Waals surface area contributed by atoms with Crippen LogP contribution in [0.1, 0.15) is 32.4 Å². The molecule has 1 aromatic heterocycles. The van der Waals surface area contributed by atoms with Crippen LogP contribution in [-0.4, -0.2) is 32.8 Å². The smallest absolute Gasteiger partial charge is 0.114 e. The Labute approximate surface area is 89.0 Å². The van der Waals surface area contributed by atoms with Crippen molar-refractivity contribution in [2.75, 3.05) is 6.61 Å². The van der Waals surface area contributed by atoms with Crippen molar-refractivity contribution in [2.45, 2.75) is 44.9 Å². The third-order valence-electron chi connectivity index (χ3n) is 2.58. The molecule has 0 spiro atoms. The molecule has 0 amide bonds. The fourth-order valence-electron chi connectivity index (χ4n) is 1.66. The molecule has 84 valence electrons. The molecule has 1 atom stereocenters. The average molecular weight is 211 g/mol. The first-order valence-corrected chi connectivity index (χ1v) is 5.30. The molecule has 1 N–H and O–H groups in total. The predicted octanol–water partition coefficient (Wildman–Crippen LogP) is 0.684. The summed E-state index contributed by atoms with van der Waals surface area (Å²) in [5, 5.41) is 17.6. The van der Waals surface area contributed by atoms with Crippen molar-refractivity contribution in [3.63, 3.8) is 0 Å². The van der Waals surface area contributed by atoms with E-state index in [4.69, 9.17) is 4.74 Å². The van der Waals surface area contributed by atoms with E-state index >= 15 is 0 Å². The molecule has 0 bridgehead atoms. The van der Waals surface area contributed by atoms with Crippen LogP contribution in [0, 0.1) is 0 Å². The molecule has 0 radical (unpaired) electrons. The highest BCUT2D eigenvalue weighted by molar-refractivity contribution is 5.02. The largest absolute Gasteiger partial charge is 0.384 e. The monoisotopic (exact) mass is 211 g/mol. The van der Waals surface area contributed by atoms with Crippen molar-refractivity contribution in [2.24, 2.45) is 0 Å². The van der Waals surface area contributed by atoms with E-state index in [0.29, 0.717) is 5.69 Å².